The van der Waals surface area contributed by atoms with E-state index in [2.05, 4.69) is 23.7 Å². The number of aromatic nitrogens is 2. The average molecular weight is 263 g/mol. The van der Waals surface area contributed by atoms with Crippen LogP contribution >= 0.6 is 11.3 Å². The topological polar surface area (TPSA) is 37.6 Å². The third-order valence-electron chi connectivity index (χ3n) is 3.80. The van der Waals surface area contributed by atoms with Gasteiger partial charge in [0.05, 0.1) is 0 Å². The van der Waals surface area contributed by atoms with Crippen LogP contribution in [0.15, 0.2) is 11.6 Å². The summed E-state index contributed by atoms with van der Waals surface area (Å²) in [6.07, 6.45) is 5.18. The lowest BCUT2D eigenvalue weighted by Crippen LogP contribution is -2.41. The lowest BCUT2D eigenvalue weighted by Gasteiger charge is -2.37. The monoisotopic (exact) mass is 263 g/mol. The third-order valence-corrected chi connectivity index (χ3v) is 4.56. The summed E-state index contributed by atoms with van der Waals surface area (Å²) in [4.78, 5) is 19.1. The van der Waals surface area contributed by atoms with Crippen LogP contribution in [0, 0.1) is 5.92 Å². The highest BCUT2D eigenvalue weighted by Gasteiger charge is 2.27. The Labute approximate surface area is 110 Å². The SMILES string of the molecule is CC1CCN(c2nc3sccn3c2C=O)C(C)C1. The van der Waals surface area contributed by atoms with Crippen LogP contribution in [0.1, 0.15) is 37.2 Å². The number of hydrogen-bond acceptors (Lipinski definition) is 4. The van der Waals surface area contributed by atoms with Gasteiger partial charge in [-0.05, 0) is 25.7 Å². The summed E-state index contributed by atoms with van der Waals surface area (Å²) in [6, 6.07) is 0.456. The summed E-state index contributed by atoms with van der Waals surface area (Å²) >= 11 is 1.57. The molecule has 3 rings (SSSR count). The number of fused-ring (bicyclic) bond motifs is 1. The maximum atomic E-state index is 11.3. The van der Waals surface area contributed by atoms with Gasteiger partial charge in [-0.1, -0.05) is 6.92 Å². The molecular formula is C13H17N3OS. The number of anilines is 1. The van der Waals surface area contributed by atoms with Crippen molar-refractivity contribution in [3.05, 3.63) is 17.3 Å². The van der Waals surface area contributed by atoms with Gasteiger partial charge < -0.3 is 4.90 Å². The number of hydrogen-bond donors (Lipinski definition) is 0. The maximum absolute atomic E-state index is 11.3. The summed E-state index contributed by atoms with van der Waals surface area (Å²) in [7, 11) is 0. The van der Waals surface area contributed by atoms with Crippen molar-refractivity contribution in [2.75, 3.05) is 11.4 Å². The predicted molar refractivity (Wildman–Crippen MR) is 73.7 cm³/mol. The third kappa shape index (κ3) is 1.73. The van der Waals surface area contributed by atoms with Crippen molar-refractivity contribution in [1.29, 1.82) is 0 Å². The average Bonchev–Trinajstić information content (AvgIpc) is 2.88. The maximum Gasteiger partial charge on any atom is 0.196 e. The highest BCUT2D eigenvalue weighted by molar-refractivity contribution is 7.15. The molecule has 2 unspecified atom stereocenters. The Morgan fingerprint density at radius 3 is 3.06 bits per heavy atom. The molecule has 1 aliphatic rings. The zero-order valence-corrected chi connectivity index (χ0v) is 11.5. The van der Waals surface area contributed by atoms with Gasteiger partial charge >= 0.3 is 0 Å². The smallest absolute Gasteiger partial charge is 0.196 e. The summed E-state index contributed by atoms with van der Waals surface area (Å²) < 4.78 is 1.89. The molecule has 2 atom stereocenters. The van der Waals surface area contributed by atoms with Crippen molar-refractivity contribution in [2.24, 2.45) is 5.92 Å². The van der Waals surface area contributed by atoms with E-state index >= 15 is 0 Å². The van der Waals surface area contributed by atoms with E-state index in [-0.39, 0.29) is 0 Å². The van der Waals surface area contributed by atoms with Crippen LogP contribution in [-0.4, -0.2) is 28.3 Å². The van der Waals surface area contributed by atoms with Gasteiger partial charge in [-0.25, -0.2) is 4.98 Å². The molecule has 0 radical (unpaired) electrons. The Bertz CT molecular complexity index is 574. The largest absolute Gasteiger partial charge is 0.352 e. The minimum atomic E-state index is 0.456. The molecule has 1 fully saturated rings. The van der Waals surface area contributed by atoms with Crippen LogP contribution in [0.2, 0.25) is 0 Å². The molecule has 0 aromatic carbocycles. The Balaban J connectivity index is 2.02. The Hall–Kier alpha value is -1.36. The molecule has 1 saturated heterocycles. The predicted octanol–water partition coefficient (Wildman–Crippen LogP) is 2.83. The highest BCUT2D eigenvalue weighted by atomic mass is 32.1. The van der Waals surface area contributed by atoms with Gasteiger partial charge in [0.2, 0.25) is 0 Å². The number of imidazole rings is 1. The number of nitrogens with zero attached hydrogens (tertiary/aromatic N) is 3. The second-order valence-electron chi connectivity index (χ2n) is 5.17. The molecule has 2 aromatic heterocycles. The number of piperidine rings is 1. The molecular weight excluding hydrogens is 246 g/mol. The molecule has 5 heteroatoms. The minimum absolute atomic E-state index is 0.456. The van der Waals surface area contributed by atoms with Gasteiger partial charge in [-0.3, -0.25) is 9.20 Å². The standard InChI is InChI=1S/C13H17N3OS/c1-9-3-4-15(10(2)7-9)12-11(8-17)16-5-6-18-13(16)14-12/h5-6,8-10H,3-4,7H2,1-2H3. The van der Waals surface area contributed by atoms with E-state index in [9.17, 15) is 4.79 Å². The van der Waals surface area contributed by atoms with Crippen LogP contribution < -0.4 is 4.90 Å². The van der Waals surface area contributed by atoms with Gasteiger partial charge in [0.1, 0.15) is 5.69 Å². The van der Waals surface area contributed by atoms with Gasteiger partial charge in [0, 0.05) is 24.2 Å². The number of aldehydes is 1. The van der Waals surface area contributed by atoms with E-state index in [4.69, 9.17) is 0 Å². The van der Waals surface area contributed by atoms with Crippen molar-refractivity contribution in [1.82, 2.24) is 9.38 Å². The van der Waals surface area contributed by atoms with Crippen LogP contribution in [0.4, 0.5) is 5.82 Å². The molecule has 0 amide bonds. The van der Waals surface area contributed by atoms with Crippen molar-refractivity contribution in [3.8, 4) is 0 Å². The lowest BCUT2D eigenvalue weighted by molar-refractivity contribution is 0.111. The second kappa shape index (κ2) is 4.39. The normalized spacial score (nSPS) is 24.7. The zero-order chi connectivity index (χ0) is 12.7. The number of thiazole rings is 1. The number of rotatable bonds is 2. The Morgan fingerprint density at radius 1 is 1.50 bits per heavy atom. The lowest BCUT2D eigenvalue weighted by atomic mass is 9.93. The van der Waals surface area contributed by atoms with Crippen LogP contribution in [0.3, 0.4) is 0 Å². The van der Waals surface area contributed by atoms with Gasteiger partial charge in [-0.15, -0.1) is 11.3 Å². The molecule has 0 aliphatic carbocycles. The first kappa shape index (κ1) is 11.7. The number of carbonyl (C=O) groups excluding carboxylic acids is 1. The van der Waals surface area contributed by atoms with E-state index in [0.717, 1.165) is 29.5 Å². The fourth-order valence-corrected chi connectivity index (χ4v) is 3.55. The van der Waals surface area contributed by atoms with E-state index in [0.29, 0.717) is 11.7 Å². The molecule has 0 saturated carbocycles. The summed E-state index contributed by atoms with van der Waals surface area (Å²) in [6.45, 7) is 5.51. The van der Waals surface area contributed by atoms with Crippen molar-refractivity contribution in [3.63, 3.8) is 0 Å². The first-order valence-electron chi connectivity index (χ1n) is 6.38. The molecule has 0 bridgehead atoms. The molecule has 0 spiro atoms. The summed E-state index contributed by atoms with van der Waals surface area (Å²) in [5.41, 5.74) is 0.688. The fourth-order valence-electron chi connectivity index (χ4n) is 2.83. The Kier molecular flexibility index (Phi) is 2.86. The number of carbonyl (C=O) groups is 1. The second-order valence-corrected chi connectivity index (χ2v) is 6.04. The molecule has 4 nitrogen and oxygen atoms in total. The summed E-state index contributed by atoms with van der Waals surface area (Å²) in [5, 5.41) is 1.96. The van der Waals surface area contributed by atoms with Crippen molar-refractivity contribution >= 4 is 28.4 Å². The zero-order valence-electron chi connectivity index (χ0n) is 10.7. The molecule has 3 heterocycles. The molecule has 96 valence electrons. The molecule has 0 N–H and O–H groups in total. The van der Waals surface area contributed by atoms with Gasteiger partial charge in [0.15, 0.2) is 17.1 Å². The van der Waals surface area contributed by atoms with Crippen LogP contribution in [0.25, 0.3) is 4.96 Å². The van der Waals surface area contributed by atoms with E-state index in [1.807, 2.05) is 16.0 Å². The quantitative estimate of drug-likeness (QED) is 0.782. The van der Waals surface area contributed by atoms with E-state index < -0.39 is 0 Å². The Morgan fingerprint density at radius 2 is 2.33 bits per heavy atom. The highest BCUT2D eigenvalue weighted by Crippen LogP contribution is 2.30. The van der Waals surface area contributed by atoms with Crippen molar-refractivity contribution < 1.29 is 4.79 Å². The summed E-state index contributed by atoms with van der Waals surface area (Å²) in [5.74, 6) is 1.62. The van der Waals surface area contributed by atoms with E-state index in [1.54, 1.807) is 11.3 Å². The first-order valence-corrected chi connectivity index (χ1v) is 7.26. The molecule has 1 aliphatic heterocycles. The van der Waals surface area contributed by atoms with Crippen LogP contribution in [0.5, 0.6) is 0 Å². The van der Waals surface area contributed by atoms with Gasteiger partial charge in [-0.2, -0.15) is 0 Å². The molecule has 18 heavy (non-hydrogen) atoms. The minimum Gasteiger partial charge on any atom is -0.352 e. The fraction of sp³-hybridized carbons (Fsp3) is 0.538. The van der Waals surface area contributed by atoms with E-state index in [1.165, 1.54) is 12.8 Å². The molecule has 2 aromatic rings. The first-order chi connectivity index (χ1) is 8.70. The van der Waals surface area contributed by atoms with Gasteiger partial charge in [0.25, 0.3) is 0 Å². The van der Waals surface area contributed by atoms with Crippen molar-refractivity contribution in [2.45, 2.75) is 32.7 Å². The van der Waals surface area contributed by atoms with Crippen LogP contribution in [-0.2, 0) is 0 Å².